The lowest BCUT2D eigenvalue weighted by Gasteiger charge is -2.35. The van der Waals surface area contributed by atoms with Crippen LogP contribution in [-0.4, -0.2) is 33.4 Å². The van der Waals surface area contributed by atoms with E-state index in [9.17, 15) is 4.79 Å². The third-order valence-corrected chi connectivity index (χ3v) is 5.53. The first-order valence-electron chi connectivity index (χ1n) is 9.78. The predicted molar refractivity (Wildman–Crippen MR) is 107 cm³/mol. The van der Waals surface area contributed by atoms with Gasteiger partial charge in [-0.1, -0.05) is 26.7 Å². The van der Waals surface area contributed by atoms with E-state index in [2.05, 4.69) is 24.5 Å². The second kappa shape index (κ2) is 9.72. The Morgan fingerprint density at radius 3 is 2.11 bits per heavy atom. The molecule has 1 fully saturated rings. The van der Waals surface area contributed by atoms with Crippen molar-refractivity contribution in [3.05, 3.63) is 17.7 Å². The summed E-state index contributed by atoms with van der Waals surface area (Å²) in [5.74, 6) is 2.81. The molecule has 2 rings (SSSR count). The number of methoxy groups -OCH3 is 3. The number of carbonyl (C=O) groups excluding carboxylic acids is 1. The predicted octanol–water partition coefficient (Wildman–Crippen LogP) is 4.29. The first kappa shape index (κ1) is 21.2. The zero-order valence-corrected chi connectivity index (χ0v) is 17.4. The zero-order valence-electron chi connectivity index (χ0n) is 17.4. The van der Waals surface area contributed by atoms with Crippen molar-refractivity contribution < 1.29 is 19.0 Å². The van der Waals surface area contributed by atoms with E-state index in [1.165, 1.54) is 19.3 Å². The average molecular weight is 379 g/mol. The second-order valence-electron chi connectivity index (χ2n) is 7.60. The zero-order chi connectivity index (χ0) is 20.0. The Kier molecular flexibility index (Phi) is 7.63. The van der Waals surface area contributed by atoms with Crippen molar-refractivity contribution in [2.45, 2.75) is 58.5 Å². The highest BCUT2D eigenvalue weighted by atomic mass is 16.5. The molecule has 1 aliphatic rings. The summed E-state index contributed by atoms with van der Waals surface area (Å²) in [6.45, 7) is 6.42. The molecular formula is C21H34N2O4. The van der Waals surface area contributed by atoms with Gasteiger partial charge in [0.05, 0.1) is 27.4 Å². The third-order valence-electron chi connectivity index (χ3n) is 5.53. The van der Waals surface area contributed by atoms with Crippen molar-refractivity contribution in [3.8, 4) is 17.2 Å². The smallest absolute Gasteiger partial charge is 0.315 e. The van der Waals surface area contributed by atoms with Crippen molar-refractivity contribution in [2.24, 2.45) is 11.8 Å². The van der Waals surface area contributed by atoms with E-state index in [1.807, 2.05) is 19.1 Å². The van der Waals surface area contributed by atoms with Crippen molar-refractivity contribution in [2.75, 3.05) is 21.3 Å². The van der Waals surface area contributed by atoms with Gasteiger partial charge in [0.2, 0.25) is 5.75 Å². The Labute approximate surface area is 163 Å². The largest absolute Gasteiger partial charge is 0.493 e. The fraction of sp³-hybridized carbons (Fsp3) is 0.667. The van der Waals surface area contributed by atoms with E-state index >= 15 is 0 Å². The number of hydrogen-bond donors (Lipinski definition) is 2. The molecular weight excluding hydrogens is 344 g/mol. The number of hydrogen-bond acceptors (Lipinski definition) is 4. The molecule has 1 saturated carbocycles. The van der Waals surface area contributed by atoms with Crippen molar-refractivity contribution in [1.29, 1.82) is 0 Å². The number of amides is 2. The maximum Gasteiger partial charge on any atom is 0.315 e. The van der Waals surface area contributed by atoms with Gasteiger partial charge in [0, 0.05) is 6.04 Å². The number of carbonyl (C=O) groups is 1. The number of rotatable bonds is 7. The van der Waals surface area contributed by atoms with E-state index in [1.54, 1.807) is 21.3 Å². The molecule has 3 atom stereocenters. The van der Waals surface area contributed by atoms with E-state index in [4.69, 9.17) is 14.2 Å². The van der Waals surface area contributed by atoms with Crippen LogP contribution in [-0.2, 0) is 0 Å². The fourth-order valence-electron chi connectivity index (χ4n) is 3.98. The lowest BCUT2D eigenvalue weighted by molar-refractivity contribution is 0.192. The lowest BCUT2D eigenvalue weighted by atomic mass is 9.78. The Bertz CT molecular complexity index is 608. The molecule has 3 unspecified atom stereocenters. The van der Waals surface area contributed by atoms with Crippen LogP contribution in [0.2, 0.25) is 0 Å². The quantitative estimate of drug-likeness (QED) is 0.743. The standard InChI is InChI=1S/C21H34N2O4/c1-13(2)16-9-7-8-10-17(16)23-21(24)22-14(3)15-11-18(25-4)20(27-6)19(12-15)26-5/h11-14,16-17H,7-10H2,1-6H3,(H2,22,23,24). The van der Waals surface area contributed by atoms with Gasteiger partial charge in [-0.05, 0) is 49.3 Å². The minimum atomic E-state index is -0.195. The molecule has 0 saturated heterocycles. The molecule has 2 N–H and O–H groups in total. The Hall–Kier alpha value is -2.11. The van der Waals surface area contributed by atoms with Crippen molar-refractivity contribution in [1.82, 2.24) is 10.6 Å². The Morgan fingerprint density at radius 1 is 1.00 bits per heavy atom. The molecule has 0 bridgehead atoms. The molecule has 0 radical (unpaired) electrons. The van der Waals surface area contributed by atoms with Crippen LogP contribution in [0.25, 0.3) is 0 Å². The molecule has 0 aromatic heterocycles. The SMILES string of the molecule is COc1cc(C(C)NC(=O)NC2CCCCC2C(C)C)cc(OC)c1OC. The van der Waals surface area contributed by atoms with E-state index in [0.717, 1.165) is 12.0 Å². The van der Waals surface area contributed by atoms with Gasteiger partial charge in [-0.2, -0.15) is 0 Å². The van der Waals surface area contributed by atoms with Crippen LogP contribution in [0.3, 0.4) is 0 Å². The Morgan fingerprint density at radius 2 is 1.59 bits per heavy atom. The van der Waals surface area contributed by atoms with Gasteiger partial charge in [0.25, 0.3) is 0 Å². The first-order chi connectivity index (χ1) is 12.9. The molecule has 0 heterocycles. The summed E-state index contributed by atoms with van der Waals surface area (Å²) in [6.07, 6.45) is 4.67. The lowest BCUT2D eigenvalue weighted by Crippen LogP contribution is -2.48. The molecule has 1 aromatic carbocycles. The van der Waals surface area contributed by atoms with Gasteiger partial charge in [0.1, 0.15) is 0 Å². The maximum atomic E-state index is 12.6. The summed E-state index contributed by atoms with van der Waals surface area (Å²) < 4.78 is 16.2. The molecule has 6 nitrogen and oxygen atoms in total. The highest BCUT2D eigenvalue weighted by molar-refractivity contribution is 5.75. The summed E-state index contributed by atoms with van der Waals surface area (Å²) in [5, 5.41) is 6.23. The van der Waals surface area contributed by atoms with Crippen molar-refractivity contribution in [3.63, 3.8) is 0 Å². The first-order valence-corrected chi connectivity index (χ1v) is 9.78. The van der Waals surface area contributed by atoms with Crippen LogP contribution in [0, 0.1) is 11.8 Å². The van der Waals surface area contributed by atoms with Gasteiger partial charge >= 0.3 is 6.03 Å². The normalized spacial score (nSPS) is 20.7. The summed E-state index contributed by atoms with van der Waals surface area (Å²) in [6, 6.07) is 3.65. The number of urea groups is 1. The van der Waals surface area contributed by atoms with Crippen LogP contribution >= 0.6 is 0 Å². The average Bonchev–Trinajstić information content (AvgIpc) is 2.66. The second-order valence-corrected chi connectivity index (χ2v) is 7.60. The van der Waals surface area contributed by atoms with Crippen molar-refractivity contribution >= 4 is 6.03 Å². The van der Waals surface area contributed by atoms with Gasteiger partial charge in [-0.15, -0.1) is 0 Å². The number of benzene rings is 1. The third kappa shape index (κ3) is 5.21. The number of ether oxygens (including phenoxy) is 3. The van der Waals surface area contributed by atoms with Crippen LogP contribution in [0.15, 0.2) is 12.1 Å². The van der Waals surface area contributed by atoms with E-state index < -0.39 is 0 Å². The number of nitrogens with one attached hydrogen (secondary N) is 2. The summed E-state index contributed by atoms with van der Waals surface area (Å²) in [5.41, 5.74) is 0.892. The van der Waals surface area contributed by atoms with Crippen LogP contribution in [0.5, 0.6) is 17.2 Å². The molecule has 6 heteroatoms. The summed E-state index contributed by atoms with van der Waals surface area (Å²) in [7, 11) is 4.74. The van der Waals surface area contributed by atoms with E-state index in [0.29, 0.717) is 29.1 Å². The topological polar surface area (TPSA) is 68.8 Å². The molecule has 27 heavy (non-hydrogen) atoms. The van der Waals surface area contributed by atoms with Gasteiger partial charge in [-0.25, -0.2) is 4.79 Å². The minimum Gasteiger partial charge on any atom is -0.493 e. The van der Waals surface area contributed by atoms with Crippen LogP contribution < -0.4 is 24.8 Å². The highest BCUT2D eigenvalue weighted by Gasteiger charge is 2.29. The fourth-order valence-corrected chi connectivity index (χ4v) is 3.98. The molecule has 1 aliphatic carbocycles. The summed E-state index contributed by atoms with van der Waals surface area (Å²) >= 11 is 0. The molecule has 2 amide bonds. The highest BCUT2D eigenvalue weighted by Crippen LogP contribution is 2.39. The van der Waals surface area contributed by atoms with Gasteiger partial charge < -0.3 is 24.8 Å². The van der Waals surface area contributed by atoms with Gasteiger partial charge in [0.15, 0.2) is 11.5 Å². The van der Waals surface area contributed by atoms with Crippen LogP contribution in [0.4, 0.5) is 4.79 Å². The molecule has 0 spiro atoms. The molecule has 0 aliphatic heterocycles. The maximum absolute atomic E-state index is 12.6. The van der Waals surface area contributed by atoms with E-state index in [-0.39, 0.29) is 18.1 Å². The monoisotopic (exact) mass is 378 g/mol. The minimum absolute atomic E-state index is 0.131. The molecule has 152 valence electrons. The summed E-state index contributed by atoms with van der Waals surface area (Å²) in [4.78, 5) is 12.6. The Balaban J connectivity index is 2.07. The van der Waals surface area contributed by atoms with Crippen LogP contribution in [0.1, 0.15) is 58.1 Å². The molecule has 1 aromatic rings. The van der Waals surface area contributed by atoms with Gasteiger partial charge in [-0.3, -0.25) is 0 Å².